The summed E-state index contributed by atoms with van der Waals surface area (Å²) >= 11 is 8.16. The Labute approximate surface area is 123 Å². The summed E-state index contributed by atoms with van der Waals surface area (Å²) in [5, 5.41) is 3.35. The first-order chi connectivity index (χ1) is 9.23. The van der Waals surface area contributed by atoms with Crippen LogP contribution in [0.1, 0.15) is 34.7 Å². The summed E-state index contributed by atoms with van der Waals surface area (Å²) in [6, 6.07) is 8.79. The third-order valence-electron chi connectivity index (χ3n) is 4.10. The van der Waals surface area contributed by atoms with Gasteiger partial charge >= 0.3 is 0 Å². The Bertz CT molecular complexity index is 578. The van der Waals surface area contributed by atoms with Crippen molar-refractivity contribution in [3.63, 3.8) is 0 Å². The molecule has 3 heteroatoms. The van der Waals surface area contributed by atoms with Crippen LogP contribution in [-0.4, -0.2) is 10.9 Å². The van der Waals surface area contributed by atoms with Gasteiger partial charge in [0, 0.05) is 28.8 Å². The third-order valence-corrected chi connectivity index (χ3v) is 5.58. The number of rotatable bonds is 3. The maximum Gasteiger partial charge on any atom is 0.0937 e. The van der Waals surface area contributed by atoms with E-state index in [-0.39, 0.29) is 5.41 Å². The Morgan fingerprint density at radius 1 is 1.37 bits per heavy atom. The largest absolute Gasteiger partial charge is 0.247 e. The number of fused-ring (bicyclic) bond motifs is 1. The van der Waals surface area contributed by atoms with Gasteiger partial charge in [0.05, 0.1) is 5.01 Å². The molecule has 19 heavy (non-hydrogen) atoms. The lowest BCUT2D eigenvalue weighted by atomic mass is 9.69. The number of thiazole rings is 1. The topological polar surface area (TPSA) is 12.9 Å². The molecule has 1 unspecified atom stereocenters. The van der Waals surface area contributed by atoms with Crippen molar-refractivity contribution in [1.29, 1.82) is 0 Å². The highest BCUT2D eigenvalue weighted by molar-refractivity contribution is 7.09. The van der Waals surface area contributed by atoms with Crippen LogP contribution in [0.15, 0.2) is 29.6 Å². The summed E-state index contributed by atoms with van der Waals surface area (Å²) in [6.45, 7) is 2.06. The van der Waals surface area contributed by atoms with Crippen LogP contribution in [0.3, 0.4) is 0 Å². The van der Waals surface area contributed by atoms with Gasteiger partial charge in [0.2, 0.25) is 0 Å². The van der Waals surface area contributed by atoms with E-state index in [1.54, 1.807) is 11.3 Å². The Morgan fingerprint density at radius 3 is 2.95 bits per heavy atom. The number of benzene rings is 1. The number of nitrogens with zero attached hydrogens (tertiary/aromatic N) is 1. The first-order valence-electron chi connectivity index (χ1n) is 6.79. The maximum atomic E-state index is 6.40. The molecule has 1 aliphatic carbocycles. The predicted octanol–water partition coefficient (Wildman–Crippen LogP) is 4.51. The fourth-order valence-corrected chi connectivity index (χ4v) is 4.44. The molecule has 2 aromatic rings. The van der Waals surface area contributed by atoms with Gasteiger partial charge in [-0.05, 0) is 37.3 Å². The van der Waals surface area contributed by atoms with Gasteiger partial charge < -0.3 is 0 Å². The first kappa shape index (κ1) is 13.1. The van der Waals surface area contributed by atoms with Crippen molar-refractivity contribution in [3.8, 4) is 0 Å². The zero-order chi connectivity index (χ0) is 13.3. The maximum absolute atomic E-state index is 6.40. The second-order valence-corrected chi connectivity index (χ2v) is 6.69. The van der Waals surface area contributed by atoms with E-state index < -0.39 is 0 Å². The second-order valence-electron chi connectivity index (χ2n) is 5.48. The Hall–Kier alpha value is -0.860. The normalized spacial score (nSPS) is 22.2. The van der Waals surface area contributed by atoms with E-state index in [1.807, 2.05) is 0 Å². The van der Waals surface area contributed by atoms with E-state index in [0.29, 0.717) is 5.88 Å². The lowest BCUT2D eigenvalue weighted by molar-refractivity contribution is 0.396. The molecular formula is C16H18ClNS. The van der Waals surface area contributed by atoms with Crippen molar-refractivity contribution in [2.75, 3.05) is 5.88 Å². The minimum Gasteiger partial charge on any atom is -0.247 e. The Kier molecular flexibility index (Phi) is 3.64. The van der Waals surface area contributed by atoms with Gasteiger partial charge in [0.25, 0.3) is 0 Å². The summed E-state index contributed by atoms with van der Waals surface area (Å²) in [4.78, 5) is 4.63. The molecule has 3 rings (SSSR count). The highest BCUT2D eigenvalue weighted by atomic mass is 35.5. The summed E-state index contributed by atoms with van der Waals surface area (Å²) in [7, 11) is 0. The molecular weight excluding hydrogens is 274 g/mol. The van der Waals surface area contributed by atoms with Crippen molar-refractivity contribution in [2.45, 2.75) is 38.0 Å². The van der Waals surface area contributed by atoms with Crippen molar-refractivity contribution in [1.82, 2.24) is 4.98 Å². The van der Waals surface area contributed by atoms with E-state index in [4.69, 9.17) is 11.6 Å². The third kappa shape index (κ3) is 2.44. The van der Waals surface area contributed by atoms with Crippen LogP contribution in [0.5, 0.6) is 0 Å². The standard InChI is InChI=1S/C16H18ClNS/c1-12-10-19-15(18-12)9-16(11-17)8-4-6-13-5-2-3-7-14(13)16/h2-3,5,7,10H,4,6,8-9,11H2,1H3. The molecule has 1 atom stereocenters. The zero-order valence-electron chi connectivity index (χ0n) is 11.2. The van der Waals surface area contributed by atoms with Crippen LogP contribution in [-0.2, 0) is 18.3 Å². The highest BCUT2D eigenvalue weighted by Crippen LogP contribution is 2.41. The fourth-order valence-electron chi connectivity index (χ4n) is 3.15. The SMILES string of the molecule is Cc1csc(CC2(CCl)CCCc3ccccc32)n1. The average Bonchev–Trinajstić information content (AvgIpc) is 2.84. The molecule has 0 spiro atoms. The van der Waals surface area contributed by atoms with Crippen LogP contribution in [0.4, 0.5) is 0 Å². The molecule has 0 N–H and O–H groups in total. The zero-order valence-corrected chi connectivity index (χ0v) is 12.7. The fraction of sp³-hybridized carbons (Fsp3) is 0.438. The van der Waals surface area contributed by atoms with E-state index >= 15 is 0 Å². The van der Waals surface area contributed by atoms with Gasteiger partial charge in [-0.3, -0.25) is 0 Å². The van der Waals surface area contributed by atoms with Gasteiger partial charge in [-0.2, -0.15) is 0 Å². The first-order valence-corrected chi connectivity index (χ1v) is 8.20. The number of halogens is 1. The monoisotopic (exact) mass is 291 g/mol. The smallest absolute Gasteiger partial charge is 0.0937 e. The van der Waals surface area contributed by atoms with Crippen LogP contribution >= 0.6 is 22.9 Å². The van der Waals surface area contributed by atoms with Crippen LogP contribution in [0, 0.1) is 6.92 Å². The van der Waals surface area contributed by atoms with Crippen molar-refractivity contribution in [3.05, 3.63) is 51.5 Å². The molecule has 0 radical (unpaired) electrons. The molecule has 1 aliphatic rings. The van der Waals surface area contributed by atoms with Crippen molar-refractivity contribution >= 4 is 22.9 Å². The van der Waals surface area contributed by atoms with Crippen molar-refractivity contribution in [2.24, 2.45) is 0 Å². The van der Waals surface area contributed by atoms with Crippen LogP contribution in [0.2, 0.25) is 0 Å². The summed E-state index contributed by atoms with van der Waals surface area (Å²) in [5.74, 6) is 0.683. The minimum absolute atomic E-state index is 0.0840. The van der Waals surface area contributed by atoms with Crippen LogP contribution in [0.25, 0.3) is 0 Å². The van der Waals surface area contributed by atoms with Gasteiger partial charge in [-0.1, -0.05) is 24.3 Å². The molecule has 0 amide bonds. The molecule has 100 valence electrons. The average molecular weight is 292 g/mol. The summed E-state index contributed by atoms with van der Waals surface area (Å²) in [5.41, 5.74) is 4.13. The molecule has 1 aromatic carbocycles. The summed E-state index contributed by atoms with van der Waals surface area (Å²) < 4.78 is 0. The molecule has 0 saturated carbocycles. The Morgan fingerprint density at radius 2 is 2.21 bits per heavy atom. The molecule has 0 saturated heterocycles. The van der Waals surface area contributed by atoms with E-state index in [0.717, 1.165) is 12.1 Å². The van der Waals surface area contributed by atoms with Crippen molar-refractivity contribution < 1.29 is 0 Å². The number of hydrogen-bond acceptors (Lipinski definition) is 2. The number of alkyl halides is 1. The molecule has 0 aliphatic heterocycles. The lowest BCUT2D eigenvalue weighted by Crippen LogP contribution is -2.35. The van der Waals surface area contributed by atoms with Gasteiger partial charge in [-0.25, -0.2) is 4.98 Å². The number of aryl methyl sites for hydroxylation is 2. The quantitative estimate of drug-likeness (QED) is 0.758. The molecule has 1 heterocycles. The minimum atomic E-state index is 0.0840. The Balaban J connectivity index is 2.00. The van der Waals surface area contributed by atoms with Gasteiger partial charge in [0.1, 0.15) is 0 Å². The summed E-state index contributed by atoms with van der Waals surface area (Å²) in [6.07, 6.45) is 4.57. The van der Waals surface area contributed by atoms with Gasteiger partial charge in [-0.15, -0.1) is 22.9 Å². The van der Waals surface area contributed by atoms with Crippen LogP contribution < -0.4 is 0 Å². The number of hydrogen-bond donors (Lipinski definition) is 0. The van der Waals surface area contributed by atoms with E-state index in [1.165, 1.54) is 35.4 Å². The highest BCUT2D eigenvalue weighted by Gasteiger charge is 2.36. The van der Waals surface area contributed by atoms with E-state index in [9.17, 15) is 0 Å². The second kappa shape index (κ2) is 5.26. The predicted molar refractivity (Wildman–Crippen MR) is 82.3 cm³/mol. The number of aromatic nitrogens is 1. The molecule has 0 fully saturated rings. The molecule has 1 nitrogen and oxygen atoms in total. The van der Waals surface area contributed by atoms with E-state index in [2.05, 4.69) is 41.6 Å². The van der Waals surface area contributed by atoms with Gasteiger partial charge in [0.15, 0.2) is 0 Å². The molecule has 1 aromatic heterocycles. The lowest BCUT2D eigenvalue weighted by Gasteiger charge is -2.37. The molecule has 0 bridgehead atoms.